The van der Waals surface area contributed by atoms with Crippen LogP contribution in [0.2, 0.25) is 5.02 Å². The van der Waals surface area contributed by atoms with E-state index in [2.05, 4.69) is 20.3 Å². The molecule has 24 heavy (non-hydrogen) atoms. The first kappa shape index (κ1) is 16.4. The standard InChI is InChI=1S/C16H19ClN6O/c1-2-23-12(24)6-11(14(23)10-4-3-5-19-7-10)8-20-16-13(17)15(18)21-9-22-16/h3-5,7,9,11,14H,2,6,8H2,1H3,(H3,18,20,21,22)/t11-,14-/m0/s1. The predicted molar refractivity (Wildman–Crippen MR) is 92.4 cm³/mol. The van der Waals surface area contributed by atoms with Crippen LogP contribution in [0.3, 0.4) is 0 Å². The molecule has 3 rings (SSSR count). The van der Waals surface area contributed by atoms with Gasteiger partial charge in [-0.1, -0.05) is 17.7 Å². The molecule has 1 fully saturated rings. The Bertz CT molecular complexity index is 726. The molecular weight excluding hydrogens is 328 g/mol. The quantitative estimate of drug-likeness (QED) is 0.860. The zero-order chi connectivity index (χ0) is 17.1. The first-order valence-corrected chi connectivity index (χ1v) is 8.18. The molecule has 0 aromatic carbocycles. The normalized spacial score (nSPS) is 20.4. The van der Waals surface area contributed by atoms with E-state index in [1.54, 1.807) is 6.20 Å². The number of carbonyl (C=O) groups is 1. The van der Waals surface area contributed by atoms with Crippen molar-refractivity contribution in [3.05, 3.63) is 41.4 Å². The number of hydrogen-bond acceptors (Lipinski definition) is 6. The van der Waals surface area contributed by atoms with Crippen LogP contribution in [-0.2, 0) is 4.79 Å². The average molecular weight is 347 g/mol. The highest BCUT2D eigenvalue weighted by atomic mass is 35.5. The van der Waals surface area contributed by atoms with Crippen LogP contribution in [0.1, 0.15) is 24.9 Å². The molecule has 8 heteroatoms. The van der Waals surface area contributed by atoms with Crippen molar-refractivity contribution in [3.63, 3.8) is 0 Å². The summed E-state index contributed by atoms with van der Waals surface area (Å²) < 4.78 is 0. The third-order valence-electron chi connectivity index (χ3n) is 4.25. The van der Waals surface area contributed by atoms with Crippen LogP contribution in [0.25, 0.3) is 0 Å². The molecule has 0 spiro atoms. The lowest BCUT2D eigenvalue weighted by Gasteiger charge is -2.27. The summed E-state index contributed by atoms with van der Waals surface area (Å²) in [5.74, 6) is 0.951. The molecule has 2 aromatic heterocycles. The Morgan fingerprint density at radius 1 is 1.46 bits per heavy atom. The van der Waals surface area contributed by atoms with Crippen LogP contribution >= 0.6 is 11.6 Å². The topological polar surface area (TPSA) is 97.0 Å². The van der Waals surface area contributed by atoms with E-state index in [1.165, 1.54) is 6.33 Å². The van der Waals surface area contributed by atoms with E-state index in [4.69, 9.17) is 17.3 Å². The zero-order valence-corrected chi connectivity index (χ0v) is 14.1. The fourth-order valence-corrected chi connectivity index (χ4v) is 3.32. The van der Waals surface area contributed by atoms with Gasteiger partial charge in [0.1, 0.15) is 23.0 Å². The predicted octanol–water partition coefficient (Wildman–Crippen LogP) is 2.13. The molecule has 1 aliphatic rings. The van der Waals surface area contributed by atoms with Gasteiger partial charge in [0.05, 0.1) is 6.04 Å². The van der Waals surface area contributed by atoms with Crippen molar-refractivity contribution in [2.45, 2.75) is 19.4 Å². The van der Waals surface area contributed by atoms with E-state index in [9.17, 15) is 4.79 Å². The second-order valence-corrected chi connectivity index (χ2v) is 6.06. The summed E-state index contributed by atoms with van der Waals surface area (Å²) >= 11 is 6.12. The number of halogens is 1. The SMILES string of the molecule is CCN1C(=O)C[C@@H](CNc2ncnc(N)c2Cl)[C@@H]1c1cccnc1. The van der Waals surface area contributed by atoms with Crippen molar-refractivity contribution in [2.24, 2.45) is 5.92 Å². The molecule has 1 amide bonds. The van der Waals surface area contributed by atoms with Crippen LogP contribution in [0, 0.1) is 5.92 Å². The van der Waals surface area contributed by atoms with Gasteiger partial charge in [0.15, 0.2) is 0 Å². The van der Waals surface area contributed by atoms with Gasteiger partial charge in [-0.2, -0.15) is 0 Å². The van der Waals surface area contributed by atoms with Crippen LogP contribution in [0.5, 0.6) is 0 Å². The largest absolute Gasteiger partial charge is 0.382 e. The number of rotatable bonds is 5. The minimum Gasteiger partial charge on any atom is -0.382 e. The van der Waals surface area contributed by atoms with E-state index in [0.29, 0.717) is 30.4 Å². The number of nitrogens with zero attached hydrogens (tertiary/aromatic N) is 4. The summed E-state index contributed by atoms with van der Waals surface area (Å²) in [7, 11) is 0. The average Bonchev–Trinajstić information content (AvgIpc) is 2.92. The second kappa shape index (κ2) is 7.00. The fourth-order valence-electron chi connectivity index (χ4n) is 3.16. The Morgan fingerprint density at radius 2 is 2.29 bits per heavy atom. The first-order valence-electron chi connectivity index (χ1n) is 7.81. The van der Waals surface area contributed by atoms with Gasteiger partial charge in [0.2, 0.25) is 5.91 Å². The smallest absolute Gasteiger partial charge is 0.223 e. The highest BCUT2D eigenvalue weighted by Gasteiger charge is 2.39. The minimum atomic E-state index is -0.0124. The molecule has 2 aromatic rings. The zero-order valence-electron chi connectivity index (χ0n) is 13.3. The van der Waals surface area contributed by atoms with Crippen molar-refractivity contribution in [2.75, 3.05) is 24.1 Å². The molecule has 1 aliphatic heterocycles. The van der Waals surface area contributed by atoms with Gasteiger partial charge in [0.25, 0.3) is 0 Å². The second-order valence-electron chi connectivity index (χ2n) is 5.68. The fraction of sp³-hybridized carbons (Fsp3) is 0.375. The van der Waals surface area contributed by atoms with E-state index in [0.717, 1.165) is 5.56 Å². The van der Waals surface area contributed by atoms with Gasteiger partial charge in [-0.15, -0.1) is 0 Å². The first-order chi connectivity index (χ1) is 11.6. The lowest BCUT2D eigenvalue weighted by atomic mass is 9.94. The van der Waals surface area contributed by atoms with Crippen LogP contribution < -0.4 is 11.1 Å². The van der Waals surface area contributed by atoms with Crippen molar-refractivity contribution in [1.82, 2.24) is 19.9 Å². The molecule has 0 saturated carbocycles. The summed E-state index contributed by atoms with van der Waals surface area (Å²) in [4.78, 5) is 26.4. The lowest BCUT2D eigenvalue weighted by Crippen LogP contribution is -2.30. The summed E-state index contributed by atoms with van der Waals surface area (Å²) in [5.41, 5.74) is 6.73. The Balaban J connectivity index is 1.80. The molecular formula is C16H19ClN6O. The molecule has 0 aliphatic carbocycles. The molecule has 0 bridgehead atoms. The molecule has 3 N–H and O–H groups in total. The molecule has 3 heterocycles. The monoisotopic (exact) mass is 346 g/mol. The molecule has 1 saturated heterocycles. The van der Waals surface area contributed by atoms with Crippen molar-refractivity contribution < 1.29 is 4.79 Å². The molecule has 2 atom stereocenters. The van der Waals surface area contributed by atoms with Gasteiger partial charge in [-0.3, -0.25) is 9.78 Å². The number of pyridine rings is 1. The van der Waals surface area contributed by atoms with Gasteiger partial charge >= 0.3 is 0 Å². The maximum absolute atomic E-state index is 12.3. The summed E-state index contributed by atoms with van der Waals surface area (Å²) in [5, 5.41) is 3.50. The van der Waals surface area contributed by atoms with E-state index < -0.39 is 0 Å². The number of nitrogens with two attached hydrogens (primary N) is 1. The molecule has 0 unspecified atom stereocenters. The number of anilines is 2. The number of likely N-dealkylation sites (tertiary alicyclic amines) is 1. The Labute approximate surface area is 145 Å². The third-order valence-corrected chi connectivity index (χ3v) is 4.63. The Kier molecular flexibility index (Phi) is 4.80. The highest BCUT2D eigenvalue weighted by molar-refractivity contribution is 6.35. The minimum absolute atomic E-state index is 0.0124. The van der Waals surface area contributed by atoms with Crippen molar-refractivity contribution in [3.8, 4) is 0 Å². The van der Waals surface area contributed by atoms with E-state index in [-0.39, 0.29) is 23.7 Å². The number of amides is 1. The van der Waals surface area contributed by atoms with E-state index in [1.807, 2.05) is 30.2 Å². The Morgan fingerprint density at radius 3 is 3.00 bits per heavy atom. The van der Waals surface area contributed by atoms with Crippen molar-refractivity contribution >= 4 is 29.1 Å². The van der Waals surface area contributed by atoms with Gasteiger partial charge in [0, 0.05) is 37.8 Å². The highest BCUT2D eigenvalue weighted by Crippen LogP contribution is 2.38. The van der Waals surface area contributed by atoms with E-state index >= 15 is 0 Å². The van der Waals surface area contributed by atoms with Crippen molar-refractivity contribution in [1.29, 1.82) is 0 Å². The molecule has 0 radical (unpaired) electrons. The summed E-state index contributed by atoms with van der Waals surface area (Å²) in [6.07, 6.45) is 5.38. The summed E-state index contributed by atoms with van der Waals surface area (Å²) in [6, 6.07) is 3.88. The van der Waals surface area contributed by atoms with Crippen LogP contribution in [0.4, 0.5) is 11.6 Å². The van der Waals surface area contributed by atoms with Crippen LogP contribution in [-0.4, -0.2) is 38.8 Å². The number of carbonyl (C=O) groups excluding carboxylic acids is 1. The number of hydrogen-bond donors (Lipinski definition) is 2. The number of aromatic nitrogens is 3. The summed E-state index contributed by atoms with van der Waals surface area (Å²) in [6.45, 7) is 3.20. The molecule has 7 nitrogen and oxygen atoms in total. The Hall–Kier alpha value is -2.41. The van der Waals surface area contributed by atoms with Gasteiger partial charge in [-0.25, -0.2) is 9.97 Å². The lowest BCUT2D eigenvalue weighted by molar-refractivity contribution is -0.128. The maximum atomic E-state index is 12.3. The van der Waals surface area contributed by atoms with Gasteiger partial charge < -0.3 is 16.0 Å². The third kappa shape index (κ3) is 3.12. The number of nitrogen functional groups attached to an aromatic ring is 1. The maximum Gasteiger partial charge on any atom is 0.223 e. The van der Waals surface area contributed by atoms with Gasteiger partial charge in [-0.05, 0) is 18.6 Å². The van der Waals surface area contributed by atoms with Crippen LogP contribution in [0.15, 0.2) is 30.9 Å². The number of nitrogens with one attached hydrogen (secondary N) is 1. The molecule has 126 valence electrons.